The summed E-state index contributed by atoms with van der Waals surface area (Å²) >= 11 is 0. The fourth-order valence-electron chi connectivity index (χ4n) is 2.03. The first kappa shape index (κ1) is 13.6. The Bertz CT molecular complexity index is 492. The van der Waals surface area contributed by atoms with Crippen molar-refractivity contribution in [2.45, 2.75) is 32.4 Å². The first-order valence-corrected chi connectivity index (χ1v) is 6.78. The monoisotopic (exact) mass is 255 g/mol. The predicted octanol–water partition coefficient (Wildman–Crippen LogP) is 4.24. The van der Waals surface area contributed by atoms with E-state index in [0.717, 1.165) is 17.7 Å². The molecule has 2 aromatic rings. The van der Waals surface area contributed by atoms with Gasteiger partial charge < -0.3 is 10.5 Å². The first-order valence-electron chi connectivity index (χ1n) is 6.78. The van der Waals surface area contributed by atoms with Crippen molar-refractivity contribution in [2.75, 3.05) is 0 Å². The largest absolute Gasteiger partial charge is 0.486 e. The molecule has 2 N–H and O–H groups in total. The van der Waals surface area contributed by atoms with E-state index in [2.05, 4.69) is 26.0 Å². The van der Waals surface area contributed by atoms with E-state index < -0.39 is 0 Å². The molecule has 0 amide bonds. The normalized spacial score (nSPS) is 13.8. The van der Waals surface area contributed by atoms with Gasteiger partial charge in [-0.3, -0.25) is 0 Å². The zero-order chi connectivity index (χ0) is 13.7. The highest BCUT2D eigenvalue weighted by molar-refractivity contribution is 5.30. The maximum absolute atomic E-state index is 6.00. The molecule has 1 unspecified atom stereocenters. The number of benzene rings is 2. The Kier molecular flexibility index (Phi) is 4.58. The molecule has 0 saturated heterocycles. The minimum atomic E-state index is 0.0481. The lowest BCUT2D eigenvalue weighted by Gasteiger charge is -2.16. The van der Waals surface area contributed by atoms with Crippen molar-refractivity contribution in [1.29, 1.82) is 0 Å². The molecular weight excluding hydrogens is 234 g/mol. The van der Waals surface area contributed by atoms with E-state index >= 15 is 0 Å². The van der Waals surface area contributed by atoms with Crippen molar-refractivity contribution in [3.05, 3.63) is 65.7 Å². The first-order chi connectivity index (χ1) is 9.20. The van der Waals surface area contributed by atoms with Crippen LogP contribution in [0.1, 0.15) is 43.5 Å². The summed E-state index contributed by atoms with van der Waals surface area (Å²) in [6.07, 6.45) is 0.993. The van der Waals surface area contributed by atoms with Crippen molar-refractivity contribution >= 4 is 0 Å². The molecule has 0 heterocycles. The molecule has 0 aromatic heterocycles. The Hall–Kier alpha value is -1.80. The summed E-state index contributed by atoms with van der Waals surface area (Å²) in [4.78, 5) is 0. The Balaban J connectivity index is 2.04. The molecule has 2 heteroatoms. The van der Waals surface area contributed by atoms with Crippen molar-refractivity contribution in [2.24, 2.45) is 5.73 Å². The predicted molar refractivity (Wildman–Crippen MR) is 79.1 cm³/mol. The van der Waals surface area contributed by atoms with E-state index in [4.69, 9.17) is 10.5 Å². The summed E-state index contributed by atoms with van der Waals surface area (Å²) < 4.78 is 5.93. The van der Waals surface area contributed by atoms with E-state index in [1.165, 1.54) is 5.56 Å². The Morgan fingerprint density at radius 1 is 0.947 bits per heavy atom. The fourth-order valence-corrected chi connectivity index (χ4v) is 2.03. The Morgan fingerprint density at radius 3 is 2.16 bits per heavy atom. The minimum Gasteiger partial charge on any atom is -0.486 e. The maximum Gasteiger partial charge on any atom is 0.121 e. The maximum atomic E-state index is 6.00. The molecule has 0 spiro atoms. The third-order valence-electron chi connectivity index (χ3n) is 3.33. The fraction of sp³-hybridized carbons (Fsp3) is 0.294. The molecule has 0 saturated carbocycles. The summed E-state index contributed by atoms with van der Waals surface area (Å²) in [6, 6.07) is 18.4. The highest BCUT2D eigenvalue weighted by atomic mass is 16.5. The van der Waals surface area contributed by atoms with Crippen molar-refractivity contribution in [3.8, 4) is 5.75 Å². The average molecular weight is 255 g/mol. The zero-order valence-electron chi connectivity index (χ0n) is 11.5. The standard InChI is InChI=1S/C17H21NO/c1-3-17(18)15-9-11-16(12-10-15)19-13(2)14-7-5-4-6-8-14/h4-13,17H,3,18H2,1-2H3/t13?,17-/m0/s1. The van der Waals surface area contributed by atoms with Crippen LogP contribution >= 0.6 is 0 Å². The van der Waals surface area contributed by atoms with Gasteiger partial charge in [-0.1, -0.05) is 49.4 Å². The van der Waals surface area contributed by atoms with Crippen LogP contribution in [0.2, 0.25) is 0 Å². The zero-order valence-corrected chi connectivity index (χ0v) is 11.5. The molecule has 2 rings (SSSR count). The van der Waals surface area contributed by atoms with Crippen LogP contribution in [0.5, 0.6) is 5.75 Å². The molecule has 0 aliphatic carbocycles. The third-order valence-corrected chi connectivity index (χ3v) is 3.33. The smallest absolute Gasteiger partial charge is 0.121 e. The lowest BCUT2D eigenvalue weighted by Crippen LogP contribution is -2.08. The van der Waals surface area contributed by atoms with E-state index in [0.29, 0.717) is 0 Å². The summed E-state index contributed by atoms with van der Waals surface area (Å²) in [7, 11) is 0. The van der Waals surface area contributed by atoms with Gasteiger partial charge in [-0.05, 0) is 36.6 Å². The second-order valence-electron chi connectivity index (χ2n) is 4.75. The van der Waals surface area contributed by atoms with E-state index in [1.807, 2.05) is 42.5 Å². The van der Waals surface area contributed by atoms with Crippen LogP contribution in [0.4, 0.5) is 0 Å². The van der Waals surface area contributed by atoms with Gasteiger partial charge in [0.25, 0.3) is 0 Å². The van der Waals surface area contributed by atoms with E-state index in [-0.39, 0.29) is 12.1 Å². The number of nitrogens with two attached hydrogens (primary N) is 1. The number of ether oxygens (including phenoxy) is 1. The average Bonchev–Trinajstić information content (AvgIpc) is 2.48. The lowest BCUT2D eigenvalue weighted by molar-refractivity contribution is 0.227. The minimum absolute atomic E-state index is 0.0481. The lowest BCUT2D eigenvalue weighted by atomic mass is 10.1. The highest BCUT2D eigenvalue weighted by Crippen LogP contribution is 2.23. The topological polar surface area (TPSA) is 35.2 Å². The van der Waals surface area contributed by atoms with Crippen LogP contribution in [0.3, 0.4) is 0 Å². The van der Waals surface area contributed by atoms with Crippen LogP contribution in [-0.4, -0.2) is 0 Å². The van der Waals surface area contributed by atoms with Gasteiger partial charge in [0.05, 0.1) is 0 Å². The van der Waals surface area contributed by atoms with Crippen LogP contribution in [-0.2, 0) is 0 Å². The van der Waals surface area contributed by atoms with Gasteiger partial charge in [-0.15, -0.1) is 0 Å². The molecule has 2 atom stereocenters. The molecule has 100 valence electrons. The van der Waals surface area contributed by atoms with Crippen molar-refractivity contribution < 1.29 is 4.74 Å². The van der Waals surface area contributed by atoms with E-state index in [9.17, 15) is 0 Å². The summed E-state index contributed by atoms with van der Waals surface area (Å²) in [5.74, 6) is 0.878. The van der Waals surface area contributed by atoms with Gasteiger partial charge in [-0.2, -0.15) is 0 Å². The quantitative estimate of drug-likeness (QED) is 0.867. The molecule has 19 heavy (non-hydrogen) atoms. The highest BCUT2D eigenvalue weighted by Gasteiger charge is 2.07. The van der Waals surface area contributed by atoms with E-state index in [1.54, 1.807) is 0 Å². The number of hydrogen-bond acceptors (Lipinski definition) is 2. The molecule has 0 radical (unpaired) electrons. The van der Waals surface area contributed by atoms with Crippen LogP contribution in [0, 0.1) is 0 Å². The van der Waals surface area contributed by atoms with Crippen molar-refractivity contribution in [1.82, 2.24) is 0 Å². The van der Waals surface area contributed by atoms with Crippen molar-refractivity contribution in [3.63, 3.8) is 0 Å². The molecule has 2 aromatic carbocycles. The molecule has 0 aliphatic heterocycles. The van der Waals surface area contributed by atoms with Gasteiger partial charge in [0.1, 0.15) is 11.9 Å². The van der Waals surface area contributed by atoms with Crippen LogP contribution < -0.4 is 10.5 Å². The second kappa shape index (κ2) is 6.39. The van der Waals surface area contributed by atoms with Crippen LogP contribution in [0.15, 0.2) is 54.6 Å². The number of rotatable bonds is 5. The Morgan fingerprint density at radius 2 is 1.58 bits per heavy atom. The summed E-state index contributed by atoms with van der Waals surface area (Å²) in [5, 5.41) is 0. The summed E-state index contributed by atoms with van der Waals surface area (Å²) in [6.45, 7) is 4.15. The second-order valence-corrected chi connectivity index (χ2v) is 4.75. The molecule has 2 nitrogen and oxygen atoms in total. The van der Waals surface area contributed by atoms with Crippen LogP contribution in [0.25, 0.3) is 0 Å². The molecule has 0 aliphatic rings. The molecular formula is C17H21NO. The van der Waals surface area contributed by atoms with Gasteiger partial charge in [-0.25, -0.2) is 0 Å². The number of hydrogen-bond donors (Lipinski definition) is 1. The third kappa shape index (κ3) is 3.58. The molecule has 0 fully saturated rings. The SMILES string of the molecule is CC[C@H](N)c1ccc(OC(C)c2ccccc2)cc1. The molecule has 0 bridgehead atoms. The Labute approximate surface area is 115 Å². The van der Waals surface area contributed by atoms with Gasteiger partial charge in [0, 0.05) is 6.04 Å². The van der Waals surface area contributed by atoms with Gasteiger partial charge in [0.2, 0.25) is 0 Å². The van der Waals surface area contributed by atoms with Gasteiger partial charge >= 0.3 is 0 Å². The summed E-state index contributed by atoms with van der Waals surface area (Å²) in [5.41, 5.74) is 8.33. The van der Waals surface area contributed by atoms with Gasteiger partial charge in [0.15, 0.2) is 0 Å².